The fourth-order valence-electron chi connectivity index (χ4n) is 1.59. The van der Waals surface area contributed by atoms with E-state index in [1.54, 1.807) is 24.3 Å². The van der Waals surface area contributed by atoms with E-state index in [4.69, 9.17) is 0 Å². The molecule has 0 saturated carbocycles. The van der Waals surface area contributed by atoms with Crippen LogP contribution >= 0.6 is 15.9 Å². The largest absolute Gasteiger partial charge is 0.345 e. The molecule has 0 aliphatic carbocycles. The highest BCUT2D eigenvalue weighted by atomic mass is 79.9. The van der Waals surface area contributed by atoms with Gasteiger partial charge >= 0.3 is 0 Å². The molecule has 1 N–H and O–H groups in total. The zero-order valence-corrected chi connectivity index (χ0v) is 11.7. The molecular weight excluding hydrogens is 306 g/mol. The summed E-state index contributed by atoms with van der Waals surface area (Å²) >= 11 is 3.28. The summed E-state index contributed by atoms with van der Waals surface area (Å²) in [6.07, 6.45) is 0. The number of Topliss-reactive ketones (excluding diaryl/α,β-unsaturated/α-hetero) is 1. The number of amides is 1. The van der Waals surface area contributed by atoms with Crippen LogP contribution in [0.1, 0.15) is 15.9 Å². The van der Waals surface area contributed by atoms with Crippen LogP contribution in [0.5, 0.6) is 0 Å². The first-order chi connectivity index (χ1) is 9.16. The Morgan fingerprint density at radius 1 is 0.947 bits per heavy atom. The first kappa shape index (κ1) is 13.5. The van der Waals surface area contributed by atoms with Crippen molar-refractivity contribution in [3.05, 3.63) is 70.2 Å². The van der Waals surface area contributed by atoms with Crippen LogP contribution in [-0.4, -0.2) is 11.7 Å². The molecule has 0 radical (unpaired) electrons. The Bertz CT molecular complexity index is 579. The summed E-state index contributed by atoms with van der Waals surface area (Å²) in [5.74, 6) is -1.12. The molecule has 0 aromatic heterocycles. The molecular formula is C15H12BrNO2. The van der Waals surface area contributed by atoms with E-state index in [2.05, 4.69) is 21.2 Å². The Labute approximate surface area is 119 Å². The summed E-state index contributed by atoms with van der Waals surface area (Å²) in [4.78, 5) is 23.6. The lowest BCUT2D eigenvalue weighted by Gasteiger charge is -2.04. The maximum absolute atomic E-state index is 11.8. The number of carbonyl (C=O) groups is 2. The second-order valence-electron chi connectivity index (χ2n) is 4.00. The summed E-state index contributed by atoms with van der Waals surface area (Å²) in [6, 6.07) is 16.2. The zero-order chi connectivity index (χ0) is 13.7. The minimum absolute atomic E-state index is 0.349. The molecule has 2 rings (SSSR count). The van der Waals surface area contributed by atoms with Crippen LogP contribution in [0, 0.1) is 0 Å². The SMILES string of the molecule is O=C(NCc1ccccc1)C(=O)c1ccc(Br)cc1. The number of carbonyl (C=O) groups excluding carboxylic acids is 2. The van der Waals surface area contributed by atoms with E-state index in [-0.39, 0.29) is 0 Å². The highest BCUT2D eigenvalue weighted by molar-refractivity contribution is 9.10. The molecule has 0 spiro atoms. The Morgan fingerprint density at radius 3 is 2.21 bits per heavy atom. The number of ketones is 1. The summed E-state index contributed by atoms with van der Waals surface area (Å²) in [7, 11) is 0. The smallest absolute Gasteiger partial charge is 0.292 e. The van der Waals surface area contributed by atoms with E-state index < -0.39 is 11.7 Å². The van der Waals surface area contributed by atoms with Gasteiger partial charge in [0, 0.05) is 16.6 Å². The van der Waals surface area contributed by atoms with Gasteiger partial charge in [-0.3, -0.25) is 9.59 Å². The van der Waals surface area contributed by atoms with Crippen molar-refractivity contribution in [2.24, 2.45) is 0 Å². The van der Waals surface area contributed by atoms with Crippen molar-refractivity contribution in [2.75, 3.05) is 0 Å². The molecule has 0 saturated heterocycles. The third kappa shape index (κ3) is 3.76. The molecule has 0 atom stereocenters. The van der Waals surface area contributed by atoms with Crippen LogP contribution in [0.25, 0.3) is 0 Å². The number of hydrogen-bond acceptors (Lipinski definition) is 2. The van der Waals surface area contributed by atoms with E-state index in [1.807, 2.05) is 30.3 Å². The van der Waals surface area contributed by atoms with E-state index in [1.165, 1.54) is 0 Å². The fraction of sp³-hybridized carbons (Fsp3) is 0.0667. The first-order valence-corrected chi connectivity index (χ1v) is 6.58. The first-order valence-electron chi connectivity index (χ1n) is 5.79. The minimum Gasteiger partial charge on any atom is -0.345 e. The highest BCUT2D eigenvalue weighted by Gasteiger charge is 2.15. The zero-order valence-electron chi connectivity index (χ0n) is 10.1. The van der Waals surface area contributed by atoms with Crippen molar-refractivity contribution in [3.8, 4) is 0 Å². The summed E-state index contributed by atoms with van der Waals surface area (Å²) in [5, 5.41) is 2.61. The van der Waals surface area contributed by atoms with Crippen molar-refractivity contribution in [1.82, 2.24) is 5.32 Å². The highest BCUT2D eigenvalue weighted by Crippen LogP contribution is 2.11. The third-order valence-electron chi connectivity index (χ3n) is 2.61. The predicted molar refractivity (Wildman–Crippen MR) is 76.8 cm³/mol. The third-order valence-corrected chi connectivity index (χ3v) is 3.14. The average Bonchev–Trinajstić information content (AvgIpc) is 2.46. The van der Waals surface area contributed by atoms with Gasteiger partial charge in [0.1, 0.15) is 0 Å². The van der Waals surface area contributed by atoms with Gasteiger partial charge in [0.15, 0.2) is 0 Å². The van der Waals surface area contributed by atoms with Gasteiger partial charge in [-0.1, -0.05) is 46.3 Å². The Kier molecular flexibility index (Phi) is 4.47. The van der Waals surface area contributed by atoms with Gasteiger partial charge in [0.05, 0.1) is 0 Å². The van der Waals surface area contributed by atoms with E-state index in [9.17, 15) is 9.59 Å². The Balaban J connectivity index is 1.96. The molecule has 0 bridgehead atoms. The standard InChI is InChI=1S/C15H12BrNO2/c16-13-8-6-12(7-9-13)14(18)15(19)17-10-11-4-2-1-3-5-11/h1-9H,10H2,(H,17,19). The van der Waals surface area contributed by atoms with Gasteiger partial charge in [-0.2, -0.15) is 0 Å². The Hall–Kier alpha value is -1.94. The van der Waals surface area contributed by atoms with Crippen LogP contribution in [0.4, 0.5) is 0 Å². The molecule has 96 valence electrons. The van der Waals surface area contributed by atoms with Crippen molar-refractivity contribution >= 4 is 27.6 Å². The van der Waals surface area contributed by atoms with Crippen LogP contribution < -0.4 is 5.32 Å². The van der Waals surface area contributed by atoms with Crippen molar-refractivity contribution in [2.45, 2.75) is 6.54 Å². The van der Waals surface area contributed by atoms with Crippen LogP contribution in [0.3, 0.4) is 0 Å². The lowest BCUT2D eigenvalue weighted by Crippen LogP contribution is -2.30. The average molecular weight is 318 g/mol. The molecule has 19 heavy (non-hydrogen) atoms. The maximum Gasteiger partial charge on any atom is 0.292 e. The molecule has 0 aliphatic rings. The number of rotatable bonds is 4. The van der Waals surface area contributed by atoms with E-state index in [0.29, 0.717) is 12.1 Å². The van der Waals surface area contributed by atoms with Gasteiger partial charge < -0.3 is 5.32 Å². The Morgan fingerprint density at radius 2 is 1.58 bits per heavy atom. The molecule has 0 fully saturated rings. The molecule has 0 unspecified atom stereocenters. The molecule has 4 heteroatoms. The number of nitrogens with one attached hydrogen (secondary N) is 1. The van der Waals surface area contributed by atoms with Crippen LogP contribution in [-0.2, 0) is 11.3 Å². The molecule has 1 amide bonds. The molecule has 2 aromatic rings. The summed E-state index contributed by atoms with van der Waals surface area (Å²) < 4.78 is 0.869. The van der Waals surface area contributed by atoms with E-state index >= 15 is 0 Å². The quantitative estimate of drug-likeness (QED) is 0.696. The molecule has 0 aliphatic heterocycles. The van der Waals surface area contributed by atoms with Gasteiger partial charge in [0.25, 0.3) is 5.91 Å². The van der Waals surface area contributed by atoms with Crippen LogP contribution in [0.15, 0.2) is 59.1 Å². The van der Waals surface area contributed by atoms with Gasteiger partial charge in [-0.15, -0.1) is 0 Å². The molecule has 0 heterocycles. The number of benzene rings is 2. The van der Waals surface area contributed by atoms with Crippen molar-refractivity contribution in [1.29, 1.82) is 0 Å². The molecule has 3 nitrogen and oxygen atoms in total. The normalized spacial score (nSPS) is 9.95. The number of hydrogen-bond donors (Lipinski definition) is 1. The van der Waals surface area contributed by atoms with Crippen molar-refractivity contribution < 1.29 is 9.59 Å². The fourth-order valence-corrected chi connectivity index (χ4v) is 1.86. The minimum atomic E-state index is -0.592. The summed E-state index contributed by atoms with van der Waals surface area (Å²) in [6.45, 7) is 0.349. The van der Waals surface area contributed by atoms with Gasteiger partial charge in [0.2, 0.25) is 5.78 Å². The lowest BCUT2D eigenvalue weighted by atomic mass is 10.1. The molecule has 2 aromatic carbocycles. The predicted octanol–water partition coefficient (Wildman–Crippen LogP) is 2.95. The van der Waals surface area contributed by atoms with Crippen LogP contribution in [0.2, 0.25) is 0 Å². The monoisotopic (exact) mass is 317 g/mol. The number of halogens is 1. The topological polar surface area (TPSA) is 46.2 Å². The lowest BCUT2D eigenvalue weighted by molar-refractivity contribution is -0.117. The summed E-state index contributed by atoms with van der Waals surface area (Å²) in [5.41, 5.74) is 1.34. The second-order valence-corrected chi connectivity index (χ2v) is 4.92. The van der Waals surface area contributed by atoms with Gasteiger partial charge in [-0.05, 0) is 29.8 Å². The van der Waals surface area contributed by atoms with Crippen molar-refractivity contribution in [3.63, 3.8) is 0 Å². The maximum atomic E-state index is 11.8. The van der Waals surface area contributed by atoms with Gasteiger partial charge in [-0.25, -0.2) is 0 Å². The second kappa shape index (κ2) is 6.29. The van der Waals surface area contributed by atoms with E-state index in [0.717, 1.165) is 10.0 Å².